The maximum atomic E-state index is 11.5. The molecule has 0 aliphatic carbocycles. The Balaban J connectivity index is 1.58. The van der Waals surface area contributed by atoms with Crippen molar-refractivity contribution in [1.82, 2.24) is 0 Å². The lowest BCUT2D eigenvalue weighted by Gasteiger charge is -2.27. The molecule has 25 heavy (non-hydrogen) atoms. The van der Waals surface area contributed by atoms with Gasteiger partial charge in [-0.15, -0.1) is 0 Å². The van der Waals surface area contributed by atoms with E-state index in [-0.39, 0.29) is 24.4 Å². The van der Waals surface area contributed by atoms with Crippen molar-refractivity contribution in [3.8, 4) is 17.2 Å². The van der Waals surface area contributed by atoms with Gasteiger partial charge < -0.3 is 18.9 Å². The Labute approximate surface area is 150 Å². The van der Waals surface area contributed by atoms with Crippen molar-refractivity contribution in [2.75, 3.05) is 20.3 Å². The van der Waals surface area contributed by atoms with Crippen LogP contribution in [0.4, 0.5) is 0 Å². The number of esters is 1. The van der Waals surface area contributed by atoms with E-state index in [2.05, 4.69) is 0 Å². The molecule has 0 spiro atoms. The van der Waals surface area contributed by atoms with Gasteiger partial charge >= 0.3 is 5.97 Å². The quantitative estimate of drug-likeness (QED) is 0.777. The molecule has 2 aliphatic rings. The molecule has 0 amide bonds. The van der Waals surface area contributed by atoms with Crippen molar-refractivity contribution in [2.45, 2.75) is 18.4 Å². The molecule has 1 unspecified atom stereocenters. The number of carbonyl (C=O) groups is 1. The summed E-state index contributed by atoms with van der Waals surface area (Å²) in [6.45, 7) is 0.847. The summed E-state index contributed by atoms with van der Waals surface area (Å²) in [5.41, 5.74) is 1.91. The molecule has 0 fully saturated rings. The Morgan fingerprint density at radius 1 is 1.16 bits per heavy atom. The second-order valence-corrected chi connectivity index (χ2v) is 6.53. The Morgan fingerprint density at radius 3 is 2.80 bits per heavy atom. The third kappa shape index (κ3) is 3.12. The number of ether oxygens (including phenoxy) is 4. The molecule has 6 heteroatoms. The van der Waals surface area contributed by atoms with Crippen LogP contribution in [0.15, 0.2) is 36.4 Å². The van der Waals surface area contributed by atoms with Gasteiger partial charge in [0.2, 0.25) is 0 Å². The van der Waals surface area contributed by atoms with Crippen LogP contribution in [0.2, 0.25) is 5.02 Å². The van der Waals surface area contributed by atoms with Crippen LogP contribution in [0.1, 0.15) is 29.6 Å². The zero-order valence-corrected chi connectivity index (χ0v) is 14.4. The second-order valence-electron chi connectivity index (χ2n) is 6.10. The Morgan fingerprint density at radius 2 is 2.00 bits per heavy atom. The highest BCUT2D eigenvalue weighted by atomic mass is 35.5. The van der Waals surface area contributed by atoms with Gasteiger partial charge in [0.15, 0.2) is 17.6 Å². The first-order valence-corrected chi connectivity index (χ1v) is 8.44. The van der Waals surface area contributed by atoms with Crippen LogP contribution < -0.4 is 14.2 Å². The Bertz CT molecular complexity index is 819. The van der Waals surface area contributed by atoms with E-state index >= 15 is 0 Å². The van der Waals surface area contributed by atoms with E-state index in [4.69, 9.17) is 30.5 Å². The first-order chi connectivity index (χ1) is 12.1. The molecular weight excluding hydrogens is 344 g/mol. The molecule has 0 radical (unpaired) electrons. The van der Waals surface area contributed by atoms with Gasteiger partial charge in [0.1, 0.15) is 12.4 Å². The second kappa shape index (κ2) is 6.48. The first-order valence-electron chi connectivity index (χ1n) is 8.06. The zero-order valence-electron chi connectivity index (χ0n) is 13.7. The number of carbonyl (C=O) groups excluding carboxylic acids is 1. The van der Waals surface area contributed by atoms with E-state index in [1.807, 2.05) is 36.4 Å². The fraction of sp³-hybridized carbons (Fsp3) is 0.316. The largest absolute Gasteiger partial charge is 0.492 e. The summed E-state index contributed by atoms with van der Waals surface area (Å²) in [7, 11) is 1.39. The van der Waals surface area contributed by atoms with E-state index in [9.17, 15) is 4.79 Å². The molecule has 0 bridgehead atoms. The van der Waals surface area contributed by atoms with E-state index < -0.39 is 0 Å². The van der Waals surface area contributed by atoms with E-state index in [1.165, 1.54) is 7.11 Å². The molecule has 2 aromatic carbocycles. The zero-order chi connectivity index (χ0) is 17.4. The summed E-state index contributed by atoms with van der Waals surface area (Å²) in [6.07, 6.45) is 0.0606. The number of fused-ring (bicyclic) bond motifs is 2. The first kappa shape index (κ1) is 16.1. The monoisotopic (exact) mass is 360 g/mol. The molecule has 130 valence electrons. The van der Waals surface area contributed by atoms with Crippen molar-refractivity contribution in [3.05, 3.63) is 52.5 Å². The number of hydrogen-bond acceptors (Lipinski definition) is 5. The van der Waals surface area contributed by atoms with E-state index in [0.717, 1.165) is 16.9 Å². The highest BCUT2D eigenvalue weighted by molar-refractivity contribution is 6.30. The minimum atomic E-state index is -0.252. The molecule has 5 nitrogen and oxygen atoms in total. The average Bonchev–Trinajstić information content (AvgIpc) is 3.01. The SMILES string of the molecule is COC(=O)C[C@@H]1COc2cc3c(cc21)OCC(c1cccc(Cl)c1)O3. The molecule has 2 atom stereocenters. The van der Waals surface area contributed by atoms with E-state index in [1.54, 1.807) is 0 Å². The van der Waals surface area contributed by atoms with Crippen LogP contribution in [0.25, 0.3) is 0 Å². The number of rotatable bonds is 3. The number of halogens is 1. The fourth-order valence-electron chi connectivity index (χ4n) is 3.16. The molecule has 2 aromatic rings. The third-order valence-electron chi connectivity index (χ3n) is 4.48. The minimum absolute atomic E-state index is 0.0259. The highest BCUT2D eigenvalue weighted by Crippen LogP contribution is 2.46. The topological polar surface area (TPSA) is 54.0 Å². The van der Waals surface area contributed by atoms with Gasteiger partial charge in [-0.2, -0.15) is 0 Å². The summed E-state index contributed by atoms with van der Waals surface area (Å²) < 4.78 is 22.4. The van der Waals surface area contributed by atoms with Gasteiger partial charge in [0, 0.05) is 22.6 Å². The Hall–Kier alpha value is -2.40. The summed E-state index contributed by atoms with van der Waals surface area (Å²) >= 11 is 6.06. The highest BCUT2D eigenvalue weighted by Gasteiger charge is 2.31. The standard InChI is InChI=1S/C19H17ClO5/c1-22-19(21)6-12-9-23-15-8-17-16(7-14(12)15)24-10-18(25-17)11-3-2-4-13(20)5-11/h2-5,7-8,12,18H,6,9-10H2,1H3/t12-,18?/m1/s1. The normalized spacial score (nSPS) is 20.6. The lowest BCUT2D eigenvalue weighted by molar-refractivity contribution is -0.141. The molecule has 0 N–H and O–H groups in total. The minimum Gasteiger partial charge on any atom is -0.492 e. The maximum absolute atomic E-state index is 11.5. The van der Waals surface area contributed by atoms with Crippen LogP contribution in [0.5, 0.6) is 17.2 Å². The molecule has 4 rings (SSSR count). The van der Waals surface area contributed by atoms with Crippen molar-refractivity contribution in [1.29, 1.82) is 0 Å². The Kier molecular flexibility index (Phi) is 4.17. The van der Waals surface area contributed by atoms with Crippen molar-refractivity contribution in [2.24, 2.45) is 0 Å². The summed E-state index contributed by atoms with van der Waals surface area (Å²) in [4.78, 5) is 11.5. The molecular formula is C19H17ClO5. The van der Waals surface area contributed by atoms with Crippen molar-refractivity contribution < 1.29 is 23.7 Å². The van der Waals surface area contributed by atoms with E-state index in [0.29, 0.717) is 29.7 Å². The van der Waals surface area contributed by atoms with Gasteiger partial charge in [-0.1, -0.05) is 23.7 Å². The van der Waals surface area contributed by atoms with Gasteiger partial charge in [-0.3, -0.25) is 4.79 Å². The van der Waals surface area contributed by atoms with Crippen molar-refractivity contribution in [3.63, 3.8) is 0 Å². The molecule has 2 heterocycles. The average molecular weight is 361 g/mol. The maximum Gasteiger partial charge on any atom is 0.306 e. The molecule has 0 aromatic heterocycles. The smallest absolute Gasteiger partial charge is 0.306 e. The lowest BCUT2D eigenvalue weighted by atomic mass is 9.97. The summed E-state index contributed by atoms with van der Waals surface area (Å²) in [5, 5.41) is 0.662. The van der Waals surface area contributed by atoms with Gasteiger partial charge in [0.05, 0.1) is 20.1 Å². The third-order valence-corrected chi connectivity index (χ3v) is 4.71. The molecule has 0 saturated heterocycles. The van der Waals surface area contributed by atoms with Gasteiger partial charge in [0.25, 0.3) is 0 Å². The van der Waals surface area contributed by atoms with Crippen LogP contribution in [-0.4, -0.2) is 26.3 Å². The van der Waals surface area contributed by atoms with Crippen molar-refractivity contribution >= 4 is 17.6 Å². The lowest BCUT2D eigenvalue weighted by Crippen LogP contribution is -2.21. The number of methoxy groups -OCH3 is 1. The van der Waals surface area contributed by atoms with Gasteiger partial charge in [-0.05, 0) is 23.8 Å². The van der Waals surface area contributed by atoms with Crippen LogP contribution in [-0.2, 0) is 9.53 Å². The summed E-state index contributed by atoms with van der Waals surface area (Å²) in [6, 6.07) is 11.3. The van der Waals surface area contributed by atoms with Crippen LogP contribution in [0.3, 0.4) is 0 Å². The molecule has 0 saturated carbocycles. The summed E-state index contributed by atoms with van der Waals surface area (Å²) in [5.74, 6) is 1.74. The van der Waals surface area contributed by atoms with Gasteiger partial charge in [-0.25, -0.2) is 0 Å². The van der Waals surface area contributed by atoms with Crippen LogP contribution in [0, 0.1) is 0 Å². The molecule has 2 aliphatic heterocycles. The fourth-order valence-corrected chi connectivity index (χ4v) is 3.36. The van der Waals surface area contributed by atoms with Crippen LogP contribution >= 0.6 is 11.6 Å². The number of benzene rings is 2. The number of hydrogen-bond donors (Lipinski definition) is 0. The predicted molar refractivity (Wildman–Crippen MR) is 91.6 cm³/mol. The predicted octanol–water partition coefficient (Wildman–Crippen LogP) is 3.89.